The second kappa shape index (κ2) is 5.73. The van der Waals surface area contributed by atoms with Gasteiger partial charge in [0.15, 0.2) is 0 Å². The largest absolute Gasteiger partial charge is 0.477 e. The number of fused-ring (bicyclic) bond motifs is 1. The Hall–Kier alpha value is -2.47. The summed E-state index contributed by atoms with van der Waals surface area (Å²) in [5, 5.41) is 9.22. The maximum Gasteiger partial charge on any atom is 0.341 e. The number of pyridine rings is 2. The third-order valence-corrected chi connectivity index (χ3v) is 4.14. The maximum atomic E-state index is 12.2. The molecule has 0 spiro atoms. The van der Waals surface area contributed by atoms with Crippen molar-refractivity contribution in [2.24, 2.45) is 0 Å². The van der Waals surface area contributed by atoms with E-state index in [0.29, 0.717) is 12.1 Å². The molecule has 2 heterocycles. The minimum absolute atomic E-state index is 0.162. The first-order valence-electron chi connectivity index (χ1n) is 6.53. The Morgan fingerprint density at radius 3 is 2.73 bits per heavy atom. The van der Waals surface area contributed by atoms with Crippen molar-refractivity contribution in [3.8, 4) is 0 Å². The Bertz CT molecular complexity index is 934. The van der Waals surface area contributed by atoms with E-state index in [4.69, 9.17) is 0 Å². The highest BCUT2D eigenvalue weighted by Crippen LogP contribution is 2.19. The van der Waals surface area contributed by atoms with Crippen LogP contribution in [0.5, 0.6) is 0 Å². The molecule has 0 aliphatic heterocycles. The molecule has 0 amide bonds. The van der Waals surface area contributed by atoms with Crippen LogP contribution in [0.3, 0.4) is 0 Å². The molecule has 3 aromatic rings. The average Bonchev–Trinajstić information content (AvgIpc) is 2.52. The van der Waals surface area contributed by atoms with E-state index in [2.05, 4.69) is 20.9 Å². The highest BCUT2D eigenvalue weighted by molar-refractivity contribution is 9.10. The van der Waals surface area contributed by atoms with Crippen molar-refractivity contribution in [2.45, 2.75) is 6.54 Å². The number of hydrogen-bond acceptors (Lipinski definition) is 3. The highest BCUT2D eigenvalue weighted by Gasteiger charge is 2.15. The number of carbonyl (C=O) groups is 1. The SMILES string of the molecule is O=C(O)c1cn(Cc2ccccc2Br)c2cccnc2c1=O. The van der Waals surface area contributed by atoms with Gasteiger partial charge in [-0.1, -0.05) is 34.1 Å². The average molecular weight is 359 g/mol. The van der Waals surface area contributed by atoms with Crippen molar-refractivity contribution in [2.75, 3.05) is 0 Å². The number of aromatic nitrogens is 2. The monoisotopic (exact) mass is 358 g/mol. The van der Waals surface area contributed by atoms with Gasteiger partial charge in [-0.25, -0.2) is 4.79 Å². The molecule has 0 bridgehead atoms. The molecule has 0 saturated heterocycles. The van der Waals surface area contributed by atoms with Gasteiger partial charge in [0.2, 0.25) is 5.43 Å². The first-order chi connectivity index (χ1) is 10.6. The number of hydrogen-bond donors (Lipinski definition) is 1. The van der Waals surface area contributed by atoms with E-state index < -0.39 is 11.4 Å². The van der Waals surface area contributed by atoms with Gasteiger partial charge >= 0.3 is 5.97 Å². The molecule has 1 aromatic carbocycles. The molecule has 0 saturated carbocycles. The fourth-order valence-corrected chi connectivity index (χ4v) is 2.72. The molecule has 0 aliphatic carbocycles. The van der Waals surface area contributed by atoms with Crippen molar-refractivity contribution in [3.63, 3.8) is 0 Å². The van der Waals surface area contributed by atoms with Gasteiger partial charge in [0.05, 0.1) is 5.52 Å². The van der Waals surface area contributed by atoms with Crippen molar-refractivity contribution in [1.82, 2.24) is 9.55 Å². The van der Waals surface area contributed by atoms with Gasteiger partial charge in [-0.05, 0) is 23.8 Å². The van der Waals surface area contributed by atoms with Gasteiger partial charge in [-0.2, -0.15) is 0 Å². The Morgan fingerprint density at radius 1 is 1.23 bits per heavy atom. The maximum absolute atomic E-state index is 12.2. The number of nitrogens with zero attached hydrogens (tertiary/aromatic N) is 2. The molecule has 0 atom stereocenters. The summed E-state index contributed by atoms with van der Waals surface area (Å²) in [6.45, 7) is 0.435. The van der Waals surface area contributed by atoms with E-state index in [9.17, 15) is 14.7 Å². The first-order valence-corrected chi connectivity index (χ1v) is 7.32. The summed E-state index contributed by atoms with van der Waals surface area (Å²) >= 11 is 3.47. The molecule has 0 aliphatic rings. The number of halogens is 1. The molecule has 2 aromatic heterocycles. The van der Waals surface area contributed by atoms with E-state index in [1.165, 1.54) is 12.4 Å². The summed E-state index contributed by atoms with van der Waals surface area (Å²) in [7, 11) is 0. The molecular formula is C16H11BrN2O3. The van der Waals surface area contributed by atoms with E-state index in [1.807, 2.05) is 24.3 Å². The molecule has 1 N–H and O–H groups in total. The molecule has 3 rings (SSSR count). The van der Waals surface area contributed by atoms with Gasteiger partial charge in [-0.3, -0.25) is 9.78 Å². The standard InChI is InChI=1S/C16H11BrN2O3/c17-12-5-2-1-4-10(12)8-19-9-11(16(21)22)15(20)14-13(19)6-3-7-18-14/h1-7,9H,8H2,(H,21,22). The lowest BCUT2D eigenvalue weighted by atomic mass is 10.2. The number of benzene rings is 1. The zero-order valence-corrected chi connectivity index (χ0v) is 12.9. The van der Waals surface area contributed by atoms with Crippen LogP contribution in [0.1, 0.15) is 15.9 Å². The van der Waals surface area contributed by atoms with Crippen LogP contribution in [0.4, 0.5) is 0 Å². The third-order valence-electron chi connectivity index (χ3n) is 3.37. The van der Waals surface area contributed by atoms with Crippen molar-refractivity contribution < 1.29 is 9.90 Å². The lowest BCUT2D eigenvalue weighted by molar-refractivity contribution is 0.0695. The highest BCUT2D eigenvalue weighted by atomic mass is 79.9. The van der Waals surface area contributed by atoms with Crippen LogP contribution >= 0.6 is 15.9 Å². The normalized spacial score (nSPS) is 10.8. The minimum Gasteiger partial charge on any atom is -0.477 e. The molecule has 0 unspecified atom stereocenters. The molecule has 0 radical (unpaired) electrons. The zero-order valence-electron chi connectivity index (χ0n) is 11.4. The summed E-state index contributed by atoms with van der Waals surface area (Å²) in [6, 6.07) is 11.1. The Labute approximate surface area is 134 Å². The predicted molar refractivity (Wildman–Crippen MR) is 86.2 cm³/mol. The second-order valence-electron chi connectivity index (χ2n) is 4.77. The fourth-order valence-electron chi connectivity index (χ4n) is 2.31. The van der Waals surface area contributed by atoms with E-state index >= 15 is 0 Å². The van der Waals surface area contributed by atoms with Crippen LogP contribution < -0.4 is 5.43 Å². The third kappa shape index (κ3) is 2.53. The van der Waals surface area contributed by atoms with Crippen LogP contribution in [0.2, 0.25) is 0 Å². The van der Waals surface area contributed by atoms with Gasteiger partial charge < -0.3 is 9.67 Å². The van der Waals surface area contributed by atoms with Crippen LogP contribution in [0.25, 0.3) is 11.0 Å². The van der Waals surface area contributed by atoms with Gasteiger partial charge in [0.1, 0.15) is 11.1 Å². The lowest BCUT2D eigenvalue weighted by Gasteiger charge is -2.12. The number of rotatable bonds is 3. The quantitative estimate of drug-likeness (QED) is 0.781. The lowest BCUT2D eigenvalue weighted by Crippen LogP contribution is -2.20. The summed E-state index contributed by atoms with van der Waals surface area (Å²) in [5.74, 6) is -1.25. The molecule has 6 heteroatoms. The van der Waals surface area contributed by atoms with Crippen LogP contribution in [-0.4, -0.2) is 20.6 Å². The minimum atomic E-state index is -1.25. The Balaban J connectivity index is 2.25. The smallest absolute Gasteiger partial charge is 0.341 e. The summed E-state index contributed by atoms with van der Waals surface area (Å²) in [5.41, 5.74) is 0.903. The molecule has 0 fully saturated rings. The topological polar surface area (TPSA) is 72.2 Å². The van der Waals surface area contributed by atoms with E-state index in [0.717, 1.165) is 10.0 Å². The van der Waals surface area contributed by atoms with Crippen molar-refractivity contribution in [3.05, 3.63) is 74.6 Å². The van der Waals surface area contributed by atoms with E-state index in [1.54, 1.807) is 16.7 Å². The van der Waals surface area contributed by atoms with Crippen molar-refractivity contribution >= 4 is 32.9 Å². The Morgan fingerprint density at radius 2 is 2.00 bits per heavy atom. The van der Waals surface area contributed by atoms with Gasteiger partial charge in [0.25, 0.3) is 0 Å². The molecule has 22 heavy (non-hydrogen) atoms. The van der Waals surface area contributed by atoms with Crippen molar-refractivity contribution in [1.29, 1.82) is 0 Å². The van der Waals surface area contributed by atoms with Crippen LogP contribution in [0, 0.1) is 0 Å². The number of carboxylic acids is 1. The number of carboxylic acid groups (broad SMARTS) is 1. The fraction of sp³-hybridized carbons (Fsp3) is 0.0625. The molecule has 5 nitrogen and oxygen atoms in total. The predicted octanol–water partition coefficient (Wildman–Crippen LogP) is 2.91. The Kier molecular flexibility index (Phi) is 3.77. The van der Waals surface area contributed by atoms with Crippen LogP contribution in [0.15, 0.2) is 58.1 Å². The summed E-state index contributed by atoms with van der Waals surface area (Å²) in [6.07, 6.45) is 2.85. The van der Waals surface area contributed by atoms with Gasteiger partial charge in [-0.15, -0.1) is 0 Å². The molecular weight excluding hydrogens is 348 g/mol. The summed E-state index contributed by atoms with van der Waals surface area (Å²) < 4.78 is 2.65. The van der Waals surface area contributed by atoms with E-state index in [-0.39, 0.29) is 11.1 Å². The first kappa shape index (κ1) is 14.5. The van der Waals surface area contributed by atoms with Crippen LogP contribution in [-0.2, 0) is 6.54 Å². The number of aromatic carboxylic acids is 1. The summed E-state index contributed by atoms with van der Waals surface area (Å²) in [4.78, 5) is 27.5. The molecule has 110 valence electrons. The second-order valence-corrected chi connectivity index (χ2v) is 5.62. The van der Waals surface area contributed by atoms with Gasteiger partial charge in [0, 0.05) is 23.4 Å². The zero-order chi connectivity index (χ0) is 15.7.